The summed E-state index contributed by atoms with van der Waals surface area (Å²) in [4.78, 5) is 6.50. The van der Waals surface area contributed by atoms with E-state index in [0.717, 1.165) is 24.4 Å². The number of hydrogen-bond donors (Lipinski definition) is 1. The van der Waals surface area contributed by atoms with E-state index in [-0.39, 0.29) is 11.4 Å². The Morgan fingerprint density at radius 3 is 2.95 bits per heavy atom. The van der Waals surface area contributed by atoms with Gasteiger partial charge in [0.15, 0.2) is 0 Å². The highest BCUT2D eigenvalue weighted by molar-refractivity contribution is 7.90. The quantitative estimate of drug-likeness (QED) is 0.855. The van der Waals surface area contributed by atoms with Crippen molar-refractivity contribution in [2.45, 2.75) is 44.6 Å². The summed E-state index contributed by atoms with van der Waals surface area (Å²) in [6.07, 6.45) is 3.45. The van der Waals surface area contributed by atoms with E-state index < -0.39 is 10.0 Å². The van der Waals surface area contributed by atoms with Gasteiger partial charge in [-0.05, 0) is 46.3 Å². The first-order valence-electron chi connectivity index (χ1n) is 7.67. The monoisotopic (exact) mass is 327 g/mol. The third-order valence-corrected chi connectivity index (χ3v) is 5.56. The van der Waals surface area contributed by atoms with Crippen molar-refractivity contribution in [3.63, 3.8) is 0 Å². The van der Waals surface area contributed by atoms with Crippen molar-refractivity contribution in [1.29, 1.82) is 0 Å². The Bertz CT molecular complexity index is 589. The molecule has 1 atom stereocenters. The lowest BCUT2D eigenvalue weighted by molar-refractivity contribution is 0.217. The summed E-state index contributed by atoms with van der Waals surface area (Å²) in [5, 5.41) is -0.346. The molecule has 1 aliphatic heterocycles. The molecule has 1 aromatic rings. The van der Waals surface area contributed by atoms with E-state index in [9.17, 15) is 8.42 Å². The van der Waals surface area contributed by atoms with E-state index in [0.29, 0.717) is 19.5 Å². The Morgan fingerprint density at radius 1 is 1.50 bits per heavy atom. The van der Waals surface area contributed by atoms with Gasteiger partial charge in [0.1, 0.15) is 5.75 Å². The number of nitrogens with zero attached hydrogens (tertiary/aromatic N) is 2. The fraction of sp³-hybridized carbons (Fsp3) is 0.667. The van der Waals surface area contributed by atoms with Gasteiger partial charge >= 0.3 is 0 Å². The minimum absolute atomic E-state index is 0.121. The van der Waals surface area contributed by atoms with Gasteiger partial charge < -0.3 is 4.74 Å². The van der Waals surface area contributed by atoms with Crippen LogP contribution in [0.25, 0.3) is 0 Å². The molecule has 1 saturated heterocycles. The topological polar surface area (TPSA) is 71.5 Å². The summed E-state index contributed by atoms with van der Waals surface area (Å²) in [6, 6.07) is 3.77. The van der Waals surface area contributed by atoms with Gasteiger partial charge in [0.2, 0.25) is 10.0 Å². The molecule has 0 saturated carbocycles. The number of piperidine rings is 1. The fourth-order valence-electron chi connectivity index (χ4n) is 2.69. The van der Waals surface area contributed by atoms with Crippen LogP contribution in [0, 0.1) is 0 Å². The van der Waals surface area contributed by atoms with Crippen LogP contribution in [0.15, 0.2) is 18.3 Å². The van der Waals surface area contributed by atoms with E-state index in [1.165, 1.54) is 7.05 Å². The van der Waals surface area contributed by atoms with Crippen LogP contribution in [0.1, 0.15) is 32.4 Å². The first kappa shape index (κ1) is 17.2. The van der Waals surface area contributed by atoms with Gasteiger partial charge in [0, 0.05) is 25.4 Å². The molecule has 6 nitrogen and oxygen atoms in total. The Balaban J connectivity index is 2.01. The normalized spacial score (nSPS) is 20.3. The molecule has 22 heavy (non-hydrogen) atoms. The SMILES string of the molecule is CNS(=O)(=O)C1CCCN(Cc2cc(OC(C)C)ccn2)C1. The maximum Gasteiger partial charge on any atom is 0.215 e. The Morgan fingerprint density at radius 2 is 2.27 bits per heavy atom. The van der Waals surface area contributed by atoms with Gasteiger partial charge in [0.05, 0.1) is 17.0 Å². The van der Waals surface area contributed by atoms with Crippen LogP contribution in [0.3, 0.4) is 0 Å². The average molecular weight is 327 g/mol. The molecule has 2 rings (SSSR count). The third kappa shape index (κ3) is 4.66. The van der Waals surface area contributed by atoms with Crippen molar-refractivity contribution >= 4 is 10.0 Å². The van der Waals surface area contributed by atoms with Crippen LogP contribution in [0.5, 0.6) is 5.75 Å². The van der Waals surface area contributed by atoms with E-state index in [2.05, 4.69) is 14.6 Å². The second kappa shape index (κ2) is 7.39. The lowest BCUT2D eigenvalue weighted by Crippen LogP contribution is -2.45. The van der Waals surface area contributed by atoms with Crippen LogP contribution in [-0.4, -0.2) is 49.8 Å². The molecule has 0 bridgehead atoms. The molecule has 2 heterocycles. The number of rotatable bonds is 6. The van der Waals surface area contributed by atoms with Gasteiger partial charge in [-0.2, -0.15) is 0 Å². The van der Waals surface area contributed by atoms with Crippen LogP contribution >= 0.6 is 0 Å². The number of pyridine rings is 1. The number of hydrogen-bond acceptors (Lipinski definition) is 5. The van der Waals surface area contributed by atoms with E-state index in [1.54, 1.807) is 6.20 Å². The molecule has 124 valence electrons. The first-order chi connectivity index (χ1) is 10.4. The van der Waals surface area contributed by atoms with Gasteiger partial charge in [-0.15, -0.1) is 0 Å². The van der Waals surface area contributed by atoms with Crippen LogP contribution < -0.4 is 9.46 Å². The average Bonchev–Trinajstić information content (AvgIpc) is 2.47. The highest BCUT2D eigenvalue weighted by Gasteiger charge is 2.29. The number of ether oxygens (including phenoxy) is 1. The molecule has 0 aromatic carbocycles. The van der Waals surface area contributed by atoms with Crippen LogP contribution in [0.4, 0.5) is 0 Å². The summed E-state index contributed by atoms with van der Waals surface area (Å²) in [6.45, 7) is 6.05. The zero-order valence-electron chi connectivity index (χ0n) is 13.4. The number of likely N-dealkylation sites (tertiary alicyclic amines) is 1. The summed E-state index contributed by atoms with van der Waals surface area (Å²) < 4.78 is 32.0. The minimum atomic E-state index is -3.21. The summed E-state index contributed by atoms with van der Waals surface area (Å²) in [5.41, 5.74) is 0.903. The van der Waals surface area contributed by atoms with Gasteiger partial charge in [-0.1, -0.05) is 0 Å². The molecule has 7 heteroatoms. The Hall–Kier alpha value is -1.18. The molecule has 0 amide bonds. The van der Waals surface area contributed by atoms with Crippen LogP contribution in [-0.2, 0) is 16.6 Å². The largest absolute Gasteiger partial charge is 0.491 e. The van der Waals surface area contributed by atoms with E-state index >= 15 is 0 Å². The Labute approximate surface area is 132 Å². The molecule has 0 aliphatic carbocycles. The van der Waals surface area contributed by atoms with Gasteiger partial charge in [-0.25, -0.2) is 13.1 Å². The summed E-state index contributed by atoms with van der Waals surface area (Å²) in [5.74, 6) is 0.802. The summed E-state index contributed by atoms with van der Waals surface area (Å²) >= 11 is 0. The maximum absolute atomic E-state index is 12.0. The lowest BCUT2D eigenvalue weighted by atomic mass is 10.1. The molecule has 1 unspecified atom stereocenters. The van der Waals surface area contributed by atoms with Gasteiger partial charge in [-0.3, -0.25) is 9.88 Å². The highest BCUT2D eigenvalue weighted by atomic mass is 32.2. The second-order valence-corrected chi connectivity index (χ2v) is 8.06. The van der Waals surface area contributed by atoms with Crippen molar-refractivity contribution in [3.05, 3.63) is 24.0 Å². The first-order valence-corrected chi connectivity index (χ1v) is 9.21. The molecular weight excluding hydrogens is 302 g/mol. The molecular formula is C15H25N3O3S. The van der Waals surface area contributed by atoms with Crippen LogP contribution in [0.2, 0.25) is 0 Å². The van der Waals surface area contributed by atoms with Crippen molar-refractivity contribution in [1.82, 2.24) is 14.6 Å². The number of aromatic nitrogens is 1. The second-order valence-electron chi connectivity index (χ2n) is 5.90. The molecule has 1 aromatic heterocycles. The zero-order valence-corrected chi connectivity index (χ0v) is 14.3. The third-order valence-electron chi connectivity index (χ3n) is 3.73. The molecule has 1 N–H and O–H groups in total. The minimum Gasteiger partial charge on any atom is -0.491 e. The molecule has 1 aliphatic rings. The zero-order chi connectivity index (χ0) is 16.2. The summed E-state index contributed by atoms with van der Waals surface area (Å²) in [7, 11) is -1.73. The van der Waals surface area contributed by atoms with E-state index in [4.69, 9.17) is 4.74 Å². The lowest BCUT2D eigenvalue weighted by Gasteiger charge is -2.31. The smallest absolute Gasteiger partial charge is 0.215 e. The molecule has 1 fully saturated rings. The molecule has 0 spiro atoms. The van der Waals surface area contributed by atoms with Crippen molar-refractivity contribution in [2.75, 3.05) is 20.1 Å². The molecule has 0 radical (unpaired) electrons. The highest BCUT2D eigenvalue weighted by Crippen LogP contribution is 2.19. The predicted molar refractivity (Wildman–Crippen MR) is 86.3 cm³/mol. The van der Waals surface area contributed by atoms with Crippen molar-refractivity contribution in [3.8, 4) is 5.75 Å². The fourth-order valence-corrected chi connectivity index (χ4v) is 3.91. The van der Waals surface area contributed by atoms with Crippen molar-refractivity contribution in [2.24, 2.45) is 0 Å². The number of sulfonamides is 1. The Kier molecular flexibility index (Phi) is 5.77. The number of nitrogens with one attached hydrogen (secondary N) is 1. The van der Waals surface area contributed by atoms with Crippen molar-refractivity contribution < 1.29 is 13.2 Å². The van der Waals surface area contributed by atoms with Gasteiger partial charge in [0.25, 0.3) is 0 Å². The van der Waals surface area contributed by atoms with E-state index in [1.807, 2.05) is 26.0 Å². The predicted octanol–water partition coefficient (Wildman–Crippen LogP) is 1.38. The maximum atomic E-state index is 12.0. The standard InChI is InChI=1S/C15H25N3O3S/c1-12(2)21-14-6-7-17-13(9-14)10-18-8-4-5-15(11-18)22(19,20)16-3/h6-7,9,12,15-16H,4-5,8,10-11H2,1-3H3.